The summed E-state index contributed by atoms with van der Waals surface area (Å²) in [5.41, 5.74) is 17.1. The Morgan fingerprint density at radius 3 is 1.57 bits per heavy atom. The predicted octanol–water partition coefficient (Wildman–Crippen LogP) is 14.7. The smallest absolute Gasteiger partial charge is 0.136 e. The first-order valence-corrected chi connectivity index (χ1v) is 19.5. The summed E-state index contributed by atoms with van der Waals surface area (Å²) in [6.45, 7) is 0. The van der Waals surface area contributed by atoms with E-state index in [4.69, 9.17) is 4.42 Å². The Morgan fingerprint density at radius 1 is 0.304 bits per heavy atom. The van der Waals surface area contributed by atoms with Gasteiger partial charge in [-0.1, -0.05) is 152 Å². The van der Waals surface area contributed by atoms with Crippen molar-refractivity contribution in [2.45, 2.75) is 5.41 Å². The van der Waals surface area contributed by atoms with Crippen molar-refractivity contribution in [2.24, 2.45) is 0 Å². The fourth-order valence-electron chi connectivity index (χ4n) is 10.4. The first-order chi connectivity index (χ1) is 27.7. The third kappa shape index (κ3) is 3.89. The Labute approximate surface area is 323 Å². The summed E-state index contributed by atoms with van der Waals surface area (Å²) in [6.07, 6.45) is 0. The third-order valence-corrected chi connectivity index (χ3v) is 12.8. The lowest BCUT2D eigenvalue weighted by Gasteiger charge is -2.31. The standard InChI is InChI=1S/C55H32O/c1-2-12-34-31-52-47(29-33(34)11-1)44-26-25-38(32-51(44)56-52)36-21-22-37-28-40(24-23-35(37)27-36)46-30-39-13-3-4-14-41(39)54-53(46)45-17-7-10-20-50(45)55(54)48-18-8-5-15-42(48)43-16-6-9-19-49(43)55/h1-32H. The Bertz CT molecular complexity index is 3440. The molecule has 0 amide bonds. The number of benzene rings is 10. The topological polar surface area (TPSA) is 13.1 Å². The average molecular weight is 709 g/mol. The lowest BCUT2D eigenvalue weighted by Crippen LogP contribution is -2.26. The van der Waals surface area contributed by atoms with E-state index in [1.807, 2.05) is 0 Å². The maximum atomic E-state index is 6.44. The summed E-state index contributed by atoms with van der Waals surface area (Å²) < 4.78 is 6.44. The maximum absolute atomic E-state index is 6.44. The number of hydrogen-bond donors (Lipinski definition) is 0. The molecule has 10 aromatic carbocycles. The van der Waals surface area contributed by atoms with Crippen LogP contribution in [0.5, 0.6) is 0 Å². The number of fused-ring (bicyclic) bond motifs is 17. The maximum Gasteiger partial charge on any atom is 0.136 e. The van der Waals surface area contributed by atoms with Crippen molar-refractivity contribution in [3.05, 3.63) is 216 Å². The zero-order valence-corrected chi connectivity index (χ0v) is 30.4. The Balaban J connectivity index is 0.994. The molecule has 2 aliphatic carbocycles. The molecule has 1 heteroatoms. The molecule has 13 rings (SSSR count). The molecule has 0 unspecified atom stereocenters. The molecular weight excluding hydrogens is 677 g/mol. The van der Waals surface area contributed by atoms with Crippen LogP contribution in [0.2, 0.25) is 0 Å². The fourth-order valence-corrected chi connectivity index (χ4v) is 10.4. The highest BCUT2D eigenvalue weighted by molar-refractivity contribution is 6.12. The molecule has 2 aliphatic rings. The summed E-state index contributed by atoms with van der Waals surface area (Å²) in [7, 11) is 0. The molecule has 56 heavy (non-hydrogen) atoms. The van der Waals surface area contributed by atoms with Crippen molar-refractivity contribution in [1.29, 1.82) is 0 Å². The van der Waals surface area contributed by atoms with Gasteiger partial charge in [0.2, 0.25) is 0 Å². The van der Waals surface area contributed by atoms with Crippen LogP contribution in [-0.2, 0) is 5.41 Å². The van der Waals surface area contributed by atoms with Gasteiger partial charge in [-0.25, -0.2) is 0 Å². The largest absolute Gasteiger partial charge is 0.456 e. The summed E-state index contributed by atoms with van der Waals surface area (Å²) in [6, 6.07) is 72.1. The monoisotopic (exact) mass is 708 g/mol. The summed E-state index contributed by atoms with van der Waals surface area (Å²) in [5.74, 6) is 0. The van der Waals surface area contributed by atoms with Gasteiger partial charge in [-0.2, -0.15) is 0 Å². The molecule has 11 aromatic rings. The van der Waals surface area contributed by atoms with Gasteiger partial charge in [0.05, 0.1) is 5.41 Å². The van der Waals surface area contributed by atoms with Gasteiger partial charge < -0.3 is 4.42 Å². The Kier molecular flexibility index (Phi) is 5.89. The van der Waals surface area contributed by atoms with E-state index in [1.165, 1.54) is 93.5 Å². The first kappa shape index (κ1) is 30.1. The van der Waals surface area contributed by atoms with Crippen molar-refractivity contribution in [3.8, 4) is 44.5 Å². The first-order valence-electron chi connectivity index (χ1n) is 19.5. The normalized spacial score (nSPS) is 13.5. The molecule has 0 N–H and O–H groups in total. The van der Waals surface area contributed by atoms with E-state index < -0.39 is 5.41 Å². The zero-order chi connectivity index (χ0) is 36.5. The van der Waals surface area contributed by atoms with Crippen molar-refractivity contribution in [2.75, 3.05) is 0 Å². The molecule has 1 aromatic heterocycles. The van der Waals surface area contributed by atoms with E-state index in [-0.39, 0.29) is 0 Å². The van der Waals surface area contributed by atoms with E-state index in [0.29, 0.717) is 0 Å². The molecule has 0 atom stereocenters. The number of rotatable bonds is 2. The van der Waals surface area contributed by atoms with Crippen LogP contribution in [0.3, 0.4) is 0 Å². The van der Waals surface area contributed by atoms with Gasteiger partial charge >= 0.3 is 0 Å². The van der Waals surface area contributed by atoms with Gasteiger partial charge in [0, 0.05) is 10.8 Å². The van der Waals surface area contributed by atoms with Crippen LogP contribution in [0.15, 0.2) is 199 Å². The minimum atomic E-state index is -0.408. The highest BCUT2D eigenvalue weighted by Gasteiger charge is 2.52. The van der Waals surface area contributed by atoms with Gasteiger partial charge in [-0.05, 0) is 142 Å². The molecular formula is C55H32O. The van der Waals surface area contributed by atoms with E-state index >= 15 is 0 Å². The molecule has 1 heterocycles. The highest BCUT2D eigenvalue weighted by atomic mass is 16.3. The van der Waals surface area contributed by atoms with E-state index in [9.17, 15) is 0 Å². The lowest BCUT2D eigenvalue weighted by molar-refractivity contribution is 0.669. The van der Waals surface area contributed by atoms with E-state index in [0.717, 1.165) is 27.5 Å². The molecule has 258 valence electrons. The van der Waals surface area contributed by atoms with Gasteiger partial charge in [0.25, 0.3) is 0 Å². The van der Waals surface area contributed by atoms with Crippen LogP contribution in [-0.4, -0.2) is 0 Å². The molecule has 0 saturated carbocycles. The van der Waals surface area contributed by atoms with Crippen molar-refractivity contribution >= 4 is 54.3 Å². The van der Waals surface area contributed by atoms with Gasteiger partial charge in [-0.15, -0.1) is 0 Å². The van der Waals surface area contributed by atoms with Gasteiger partial charge in [-0.3, -0.25) is 0 Å². The van der Waals surface area contributed by atoms with Crippen LogP contribution in [0, 0.1) is 0 Å². The average Bonchev–Trinajstić information content (AvgIpc) is 3.88. The van der Waals surface area contributed by atoms with Crippen molar-refractivity contribution < 1.29 is 4.42 Å². The second-order valence-electron chi connectivity index (χ2n) is 15.6. The predicted molar refractivity (Wildman–Crippen MR) is 233 cm³/mol. The molecule has 0 aliphatic heterocycles. The molecule has 0 bridgehead atoms. The van der Waals surface area contributed by atoms with Crippen LogP contribution in [0.4, 0.5) is 0 Å². The molecule has 0 fully saturated rings. The fraction of sp³-hybridized carbons (Fsp3) is 0.0182. The van der Waals surface area contributed by atoms with Crippen LogP contribution < -0.4 is 0 Å². The number of furan rings is 1. The second-order valence-corrected chi connectivity index (χ2v) is 15.6. The van der Waals surface area contributed by atoms with Crippen LogP contribution in [0.25, 0.3) is 98.8 Å². The highest BCUT2D eigenvalue weighted by Crippen LogP contribution is 2.65. The van der Waals surface area contributed by atoms with Crippen LogP contribution >= 0.6 is 0 Å². The van der Waals surface area contributed by atoms with Crippen molar-refractivity contribution in [1.82, 2.24) is 0 Å². The molecule has 0 saturated heterocycles. The third-order valence-electron chi connectivity index (χ3n) is 12.8. The molecule has 0 radical (unpaired) electrons. The minimum absolute atomic E-state index is 0.408. The minimum Gasteiger partial charge on any atom is -0.456 e. The Morgan fingerprint density at radius 2 is 0.821 bits per heavy atom. The SMILES string of the molecule is c1ccc2c(c1)-c1ccccc1C21c2ccccc2-c2c(-c3ccc4cc(-c5ccc6c(c5)oc5cc7ccccc7cc56)ccc4c3)cc3ccccc3c21. The quantitative estimate of drug-likeness (QED) is 0.174. The van der Waals surface area contributed by atoms with Crippen molar-refractivity contribution in [3.63, 3.8) is 0 Å². The summed E-state index contributed by atoms with van der Waals surface area (Å²) in [4.78, 5) is 0. The molecule has 1 spiro atoms. The van der Waals surface area contributed by atoms with Crippen LogP contribution in [0.1, 0.15) is 22.3 Å². The summed E-state index contributed by atoms with van der Waals surface area (Å²) in [5, 5.41) is 9.75. The van der Waals surface area contributed by atoms with Gasteiger partial charge in [0.1, 0.15) is 11.2 Å². The summed E-state index contributed by atoms with van der Waals surface area (Å²) >= 11 is 0. The van der Waals surface area contributed by atoms with Gasteiger partial charge in [0.15, 0.2) is 0 Å². The second kappa shape index (κ2) is 10.9. The Hall–Kier alpha value is -7.22. The lowest BCUT2D eigenvalue weighted by atomic mass is 9.69. The zero-order valence-electron chi connectivity index (χ0n) is 30.4. The van der Waals surface area contributed by atoms with E-state index in [1.54, 1.807) is 0 Å². The number of hydrogen-bond acceptors (Lipinski definition) is 1. The molecule has 1 nitrogen and oxygen atoms in total. The van der Waals surface area contributed by atoms with E-state index in [2.05, 4.69) is 194 Å².